The molecule has 1 aromatic carbocycles. The van der Waals surface area contributed by atoms with Crippen LogP contribution in [0.5, 0.6) is 0 Å². The summed E-state index contributed by atoms with van der Waals surface area (Å²) in [6.45, 7) is 6.63. The van der Waals surface area contributed by atoms with Crippen LogP contribution in [0.25, 0.3) is 0 Å². The maximum absolute atomic E-state index is 12.3. The first-order chi connectivity index (χ1) is 12.2. The molecule has 7 nitrogen and oxygen atoms in total. The Morgan fingerprint density at radius 3 is 2.31 bits per heavy atom. The molecule has 1 saturated heterocycles. The number of hydrogen-bond acceptors (Lipinski definition) is 5. The molecule has 1 aliphatic heterocycles. The number of esters is 1. The van der Waals surface area contributed by atoms with Crippen molar-refractivity contribution in [2.45, 2.75) is 52.2 Å². The number of imide groups is 1. The quantitative estimate of drug-likeness (QED) is 0.456. The molecular formula is C19H24N2O5. The number of Topliss-reactive ketones (excluding diaryl/α,β-unsaturated/α-hetero) is 1. The van der Waals surface area contributed by atoms with Crippen LogP contribution in [0.1, 0.15) is 50.0 Å². The highest BCUT2D eigenvalue weighted by Crippen LogP contribution is 2.17. The lowest BCUT2D eigenvalue weighted by Gasteiger charge is -2.16. The third-order valence-electron chi connectivity index (χ3n) is 4.31. The zero-order valence-corrected chi connectivity index (χ0v) is 15.5. The lowest BCUT2D eigenvalue weighted by Crippen LogP contribution is -2.40. The molecule has 140 valence electrons. The molecule has 0 bridgehead atoms. The molecule has 1 aliphatic rings. The lowest BCUT2D eigenvalue weighted by atomic mass is 10.0. The van der Waals surface area contributed by atoms with E-state index < -0.39 is 29.6 Å². The predicted octanol–water partition coefficient (Wildman–Crippen LogP) is 2.08. The third kappa shape index (κ3) is 4.28. The van der Waals surface area contributed by atoms with Gasteiger partial charge in [-0.25, -0.2) is 4.79 Å². The molecule has 1 unspecified atom stereocenters. The summed E-state index contributed by atoms with van der Waals surface area (Å²) >= 11 is 0. The number of nitrogens with zero attached hydrogens (tertiary/aromatic N) is 1. The summed E-state index contributed by atoms with van der Waals surface area (Å²) < 4.78 is 5.15. The minimum Gasteiger partial charge on any atom is -0.454 e. The van der Waals surface area contributed by atoms with Crippen LogP contribution in [0.4, 0.5) is 4.79 Å². The molecular weight excluding hydrogens is 336 g/mol. The van der Waals surface area contributed by atoms with Crippen LogP contribution in [-0.2, 0) is 20.7 Å². The van der Waals surface area contributed by atoms with Gasteiger partial charge < -0.3 is 10.1 Å². The number of aryl methyl sites for hydroxylation is 1. The largest absolute Gasteiger partial charge is 0.454 e. The standard InChI is InChI=1S/C19H24N2O5/c1-5-13-6-8-14(9-7-13)16(23)12(2)26-15(22)10-11-21-17(24)19(3,4)20-18(21)25/h6-9,12H,5,10-11H2,1-4H3,(H,20,25). The summed E-state index contributed by atoms with van der Waals surface area (Å²) in [6, 6.07) is 6.61. The van der Waals surface area contributed by atoms with E-state index in [1.807, 2.05) is 19.1 Å². The normalized spacial score (nSPS) is 17.0. The molecule has 0 radical (unpaired) electrons. The van der Waals surface area contributed by atoms with Crippen molar-refractivity contribution >= 4 is 23.7 Å². The number of benzene rings is 1. The second-order valence-corrected chi connectivity index (χ2v) is 6.81. The second kappa shape index (κ2) is 7.68. The van der Waals surface area contributed by atoms with Gasteiger partial charge in [0.05, 0.1) is 6.42 Å². The summed E-state index contributed by atoms with van der Waals surface area (Å²) in [6.07, 6.45) is -0.227. The van der Waals surface area contributed by atoms with E-state index in [0.29, 0.717) is 5.56 Å². The van der Waals surface area contributed by atoms with Gasteiger partial charge in [-0.05, 0) is 32.8 Å². The van der Waals surface area contributed by atoms with Crippen LogP contribution in [-0.4, -0.2) is 46.8 Å². The zero-order valence-electron chi connectivity index (χ0n) is 15.5. The second-order valence-electron chi connectivity index (χ2n) is 6.81. The van der Waals surface area contributed by atoms with Gasteiger partial charge in [0, 0.05) is 12.1 Å². The predicted molar refractivity (Wildman–Crippen MR) is 94.6 cm³/mol. The van der Waals surface area contributed by atoms with Gasteiger partial charge in [0.15, 0.2) is 6.10 Å². The lowest BCUT2D eigenvalue weighted by molar-refractivity contribution is -0.146. The number of carbonyl (C=O) groups excluding carboxylic acids is 4. The number of hydrogen-bond donors (Lipinski definition) is 1. The number of ketones is 1. The van der Waals surface area contributed by atoms with E-state index in [1.54, 1.807) is 26.0 Å². The molecule has 0 saturated carbocycles. The highest BCUT2D eigenvalue weighted by atomic mass is 16.5. The molecule has 1 N–H and O–H groups in total. The van der Waals surface area contributed by atoms with E-state index in [9.17, 15) is 19.2 Å². The average molecular weight is 360 g/mol. The molecule has 0 aromatic heterocycles. The molecule has 7 heteroatoms. The highest BCUT2D eigenvalue weighted by molar-refractivity contribution is 6.06. The summed E-state index contributed by atoms with van der Waals surface area (Å²) in [5, 5.41) is 2.54. The molecule has 1 fully saturated rings. The van der Waals surface area contributed by atoms with Crippen LogP contribution >= 0.6 is 0 Å². The Morgan fingerprint density at radius 2 is 1.81 bits per heavy atom. The number of urea groups is 1. The van der Waals surface area contributed by atoms with Crippen LogP contribution in [0.15, 0.2) is 24.3 Å². The van der Waals surface area contributed by atoms with Crippen molar-refractivity contribution in [1.82, 2.24) is 10.2 Å². The molecule has 1 aromatic rings. The highest BCUT2D eigenvalue weighted by Gasteiger charge is 2.44. The van der Waals surface area contributed by atoms with Gasteiger partial charge in [-0.3, -0.25) is 19.3 Å². The minimum atomic E-state index is -0.977. The Kier molecular flexibility index (Phi) is 5.79. The van der Waals surface area contributed by atoms with Crippen LogP contribution < -0.4 is 5.32 Å². The number of nitrogens with one attached hydrogen (secondary N) is 1. The van der Waals surface area contributed by atoms with E-state index in [1.165, 1.54) is 6.92 Å². The first kappa shape index (κ1) is 19.6. The van der Waals surface area contributed by atoms with E-state index in [4.69, 9.17) is 4.74 Å². The Bertz CT molecular complexity index is 724. The maximum Gasteiger partial charge on any atom is 0.325 e. The SMILES string of the molecule is CCc1ccc(C(=O)C(C)OC(=O)CCN2C(=O)NC(C)(C)C2=O)cc1. The van der Waals surface area contributed by atoms with Crippen LogP contribution in [0, 0.1) is 0 Å². The molecule has 1 atom stereocenters. The van der Waals surface area contributed by atoms with Gasteiger partial charge in [-0.1, -0.05) is 31.2 Å². The van der Waals surface area contributed by atoms with Gasteiger partial charge in [0.2, 0.25) is 5.78 Å². The minimum absolute atomic E-state index is 0.0843. The number of carbonyl (C=O) groups is 4. The van der Waals surface area contributed by atoms with Gasteiger partial charge in [0.25, 0.3) is 5.91 Å². The Morgan fingerprint density at radius 1 is 1.19 bits per heavy atom. The van der Waals surface area contributed by atoms with Crippen molar-refractivity contribution < 1.29 is 23.9 Å². The zero-order chi connectivity index (χ0) is 19.5. The van der Waals surface area contributed by atoms with Crippen molar-refractivity contribution in [3.63, 3.8) is 0 Å². The Balaban J connectivity index is 1.87. The molecule has 0 aliphatic carbocycles. The molecule has 26 heavy (non-hydrogen) atoms. The smallest absolute Gasteiger partial charge is 0.325 e. The fourth-order valence-corrected chi connectivity index (χ4v) is 2.67. The van der Waals surface area contributed by atoms with Crippen molar-refractivity contribution in [2.24, 2.45) is 0 Å². The average Bonchev–Trinajstić information content (AvgIpc) is 2.79. The van der Waals surface area contributed by atoms with E-state index in [-0.39, 0.29) is 18.7 Å². The first-order valence-corrected chi connectivity index (χ1v) is 8.62. The topological polar surface area (TPSA) is 92.8 Å². The molecule has 1 heterocycles. The third-order valence-corrected chi connectivity index (χ3v) is 4.31. The van der Waals surface area contributed by atoms with E-state index in [2.05, 4.69) is 5.32 Å². The van der Waals surface area contributed by atoms with Crippen LogP contribution in [0.3, 0.4) is 0 Å². The van der Waals surface area contributed by atoms with E-state index in [0.717, 1.165) is 16.9 Å². The molecule has 2 rings (SSSR count). The van der Waals surface area contributed by atoms with Crippen molar-refractivity contribution in [3.8, 4) is 0 Å². The van der Waals surface area contributed by atoms with Crippen LogP contribution in [0.2, 0.25) is 0 Å². The molecule has 0 spiro atoms. The fourth-order valence-electron chi connectivity index (χ4n) is 2.67. The Labute approximate surface area is 152 Å². The van der Waals surface area contributed by atoms with Gasteiger partial charge in [0.1, 0.15) is 5.54 Å². The van der Waals surface area contributed by atoms with Crippen molar-refractivity contribution in [1.29, 1.82) is 0 Å². The number of rotatable bonds is 7. The van der Waals surface area contributed by atoms with Crippen molar-refractivity contribution in [3.05, 3.63) is 35.4 Å². The molecule has 3 amide bonds. The monoisotopic (exact) mass is 360 g/mol. The summed E-state index contributed by atoms with van der Waals surface area (Å²) in [5.41, 5.74) is 0.607. The van der Waals surface area contributed by atoms with Crippen molar-refractivity contribution in [2.75, 3.05) is 6.54 Å². The maximum atomic E-state index is 12.3. The summed E-state index contributed by atoms with van der Waals surface area (Å²) in [5.74, 6) is -1.33. The summed E-state index contributed by atoms with van der Waals surface area (Å²) in [7, 11) is 0. The fraction of sp³-hybridized carbons (Fsp3) is 0.474. The summed E-state index contributed by atoms with van der Waals surface area (Å²) in [4.78, 5) is 49.1. The first-order valence-electron chi connectivity index (χ1n) is 8.62. The van der Waals surface area contributed by atoms with E-state index >= 15 is 0 Å². The van der Waals surface area contributed by atoms with Gasteiger partial charge in [-0.2, -0.15) is 0 Å². The number of amides is 3. The Hall–Kier alpha value is -2.70. The number of ether oxygens (including phenoxy) is 1. The van der Waals surface area contributed by atoms with Gasteiger partial charge in [-0.15, -0.1) is 0 Å². The van der Waals surface area contributed by atoms with Gasteiger partial charge >= 0.3 is 12.0 Å².